The van der Waals surface area contributed by atoms with Gasteiger partial charge in [0.05, 0.1) is 5.60 Å². The molecule has 0 amide bonds. The first-order valence-corrected chi connectivity index (χ1v) is 5.46. The van der Waals surface area contributed by atoms with E-state index >= 15 is 0 Å². The lowest BCUT2D eigenvalue weighted by atomic mass is 9.81. The average Bonchev–Trinajstić information content (AvgIpc) is 2.64. The van der Waals surface area contributed by atoms with Gasteiger partial charge in [-0.15, -0.1) is 0 Å². The number of hydrogen-bond acceptors (Lipinski definition) is 2. The summed E-state index contributed by atoms with van der Waals surface area (Å²) >= 11 is 0. The highest BCUT2D eigenvalue weighted by molar-refractivity contribution is 5.00. The van der Waals surface area contributed by atoms with Crippen LogP contribution in [0.2, 0.25) is 0 Å². The minimum Gasteiger partial charge on any atom is -0.390 e. The van der Waals surface area contributed by atoms with Crippen molar-refractivity contribution in [1.29, 1.82) is 0 Å². The molecule has 2 saturated carbocycles. The van der Waals surface area contributed by atoms with Gasteiger partial charge >= 0.3 is 0 Å². The van der Waals surface area contributed by atoms with Gasteiger partial charge in [-0.25, -0.2) is 0 Å². The van der Waals surface area contributed by atoms with Crippen LogP contribution in [-0.2, 0) is 4.74 Å². The summed E-state index contributed by atoms with van der Waals surface area (Å²) in [6, 6.07) is 0. The molecule has 2 aliphatic rings. The monoisotopic (exact) mass is 184 g/mol. The molecule has 2 bridgehead atoms. The molecule has 0 heterocycles. The Morgan fingerprint density at radius 3 is 2.85 bits per heavy atom. The zero-order valence-electron chi connectivity index (χ0n) is 8.46. The van der Waals surface area contributed by atoms with Crippen LogP contribution in [0.3, 0.4) is 0 Å². The van der Waals surface area contributed by atoms with Crippen LogP contribution in [0.4, 0.5) is 0 Å². The van der Waals surface area contributed by atoms with Crippen LogP contribution < -0.4 is 0 Å². The van der Waals surface area contributed by atoms with Crippen molar-refractivity contribution in [2.75, 3.05) is 13.7 Å². The molecule has 0 aromatic carbocycles. The Morgan fingerprint density at radius 1 is 1.46 bits per heavy atom. The normalized spacial score (nSPS) is 42.9. The lowest BCUT2D eigenvalue weighted by molar-refractivity contribution is -0.0262. The fourth-order valence-electron chi connectivity index (χ4n) is 3.24. The molecular weight excluding hydrogens is 164 g/mol. The van der Waals surface area contributed by atoms with Gasteiger partial charge in [-0.2, -0.15) is 0 Å². The van der Waals surface area contributed by atoms with Crippen molar-refractivity contribution < 1.29 is 9.84 Å². The van der Waals surface area contributed by atoms with Gasteiger partial charge in [-0.1, -0.05) is 0 Å². The number of rotatable bonds is 4. The molecule has 0 aromatic heterocycles. The van der Waals surface area contributed by atoms with Gasteiger partial charge in [0.2, 0.25) is 0 Å². The highest BCUT2D eigenvalue weighted by Crippen LogP contribution is 2.52. The summed E-state index contributed by atoms with van der Waals surface area (Å²) in [4.78, 5) is 0. The molecule has 2 aliphatic carbocycles. The molecule has 2 nitrogen and oxygen atoms in total. The van der Waals surface area contributed by atoms with Crippen LogP contribution >= 0.6 is 0 Å². The van der Waals surface area contributed by atoms with E-state index in [0.717, 1.165) is 31.8 Å². The predicted molar refractivity (Wildman–Crippen MR) is 51.5 cm³/mol. The van der Waals surface area contributed by atoms with Crippen LogP contribution in [-0.4, -0.2) is 24.4 Å². The fourth-order valence-corrected chi connectivity index (χ4v) is 3.24. The van der Waals surface area contributed by atoms with Gasteiger partial charge in [0, 0.05) is 13.7 Å². The van der Waals surface area contributed by atoms with Gasteiger partial charge in [-0.05, 0) is 50.4 Å². The van der Waals surface area contributed by atoms with Crippen molar-refractivity contribution in [2.24, 2.45) is 11.8 Å². The second-order valence-electron chi connectivity index (χ2n) is 4.78. The number of ether oxygens (including phenoxy) is 1. The van der Waals surface area contributed by atoms with Crippen LogP contribution in [0.15, 0.2) is 0 Å². The molecule has 0 aliphatic heterocycles. The molecule has 0 radical (unpaired) electrons. The Hall–Kier alpha value is -0.0800. The first kappa shape index (κ1) is 9.47. The summed E-state index contributed by atoms with van der Waals surface area (Å²) in [5.41, 5.74) is -0.318. The molecule has 1 N–H and O–H groups in total. The van der Waals surface area contributed by atoms with Crippen LogP contribution in [0.5, 0.6) is 0 Å². The van der Waals surface area contributed by atoms with Gasteiger partial charge in [-0.3, -0.25) is 0 Å². The molecule has 2 rings (SSSR count). The van der Waals surface area contributed by atoms with Crippen molar-refractivity contribution in [3.8, 4) is 0 Å². The van der Waals surface area contributed by atoms with E-state index in [0.29, 0.717) is 5.92 Å². The largest absolute Gasteiger partial charge is 0.390 e. The van der Waals surface area contributed by atoms with E-state index in [1.807, 2.05) is 0 Å². The number of hydrogen-bond donors (Lipinski definition) is 1. The van der Waals surface area contributed by atoms with Gasteiger partial charge in [0.15, 0.2) is 0 Å². The molecule has 0 spiro atoms. The maximum absolute atomic E-state index is 10.4. The van der Waals surface area contributed by atoms with E-state index < -0.39 is 0 Å². The quantitative estimate of drug-likeness (QED) is 0.677. The molecular formula is C11H20O2. The van der Waals surface area contributed by atoms with Crippen molar-refractivity contribution in [3.05, 3.63) is 0 Å². The average molecular weight is 184 g/mol. The standard InChI is InChI=1S/C11H20O2/c1-13-6-2-5-11(12)8-9-3-4-10(11)7-9/h9-10,12H,2-8H2,1H3. The summed E-state index contributed by atoms with van der Waals surface area (Å²) < 4.78 is 5.02. The number of fused-ring (bicyclic) bond motifs is 2. The van der Waals surface area contributed by atoms with Crippen molar-refractivity contribution in [2.45, 2.75) is 44.1 Å². The number of methoxy groups -OCH3 is 1. The Bertz CT molecular complexity index is 181. The van der Waals surface area contributed by atoms with Crippen LogP contribution in [0, 0.1) is 11.8 Å². The van der Waals surface area contributed by atoms with E-state index in [1.165, 1.54) is 19.3 Å². The van der Waals surface area contributed by atoms with E-state index in [4.69, 9.17) is 4.74 Å². The molecule has 3 atom stereocenters. The number of aliphatic hydroxyl groups is 1. The SMILES string of the molecule is COCCCC1(O)CC2CCC1C2. The topological polar surface area (TPSA) is 29.5 Å². The molecule has 2 fully saturated rings. The first-order chi connectivity index (χ1) is 6.24. The Balaban J connectivity index is 1.83. The fraction of sp³-hybridized carbons (Fsp3) is 1.00. The summed E-state index contributed by atoms with van der Waals surface area (Å²) in [5, 5.41) is 10.4. The minimum atomic E-state index is -0.318. The highest BCUT2D eigenvalue weighted by Gasteiger charge is 2.49. The maximum Gasteiger partial charge on any atom is 0.0679 e. The summed E-state index contributed by atoms with van der Waals surface area (Å²) in [5.74, 6) is 1.44. The van der Waals surface area contributed by atoms with E-state index in [-0.39, 0.29) is 5.60 Å². The Labute approximate surface area is 80.3 Å². The minimum absolute atomic E-state index is 0.318. The molecule has 13 heavy (non-hydrogen) atoms. The first-order valence-electron chi connectivity index (χ1n) is 5.46. The zero-order chi connectivity index (χ0) is 9.31. The molecule has 0 saturated heterocycles. The summed E-state index contributed by atoms with van der Waals surface area (Å²) in [6.45, 7) is 0.791. The third-order valence-corrected chi connectivity index (χ3v) is 3.90. The van der Waals surface area contributed by atoms with Gasteiger partial charge in [0.1, 0.15) is 0 Å². The third kappa shape index (κ3) is 1.75. The zero-order valence-corrected chi connectivity index (χ0v) is 8.46. The van der Waals surface area contributed by atoms with Crippen LogP contribution in [0.25, 0.3) is 0 Å². The van der Waals surface area contributed by atoms with E-state index in [9.17, 15) is 5.11 Å². The maximum atomic E-state index is 10.4. The second kappa shape index (κ2) is 3.58. The van der Waals surface area contributed by atoms with E-state index in [1.54, 1.807) is 7.11 Å². The molecule has 76 valence electrons. The van der Waals surface area contributed by atoms with Crippen molar-refractivity contribution in [1.82, 2.24) is 0 Å². The molecule has 3 unspecified atom stereocenters. The Kier molecular flexibility index (Phi) is 2.61. The van der Waals surface area contributed by atoms with Crippen molar-refractivity contribution in [3.63, 3.8) is 0 Å². The third-order valence-electron chi connectivity index (χ3n) is 3.90. The van der Waals surface area contributed by atoms with Crippen LogP contribution in [0.1, 0.15) is 38.5 Å². The van der Waals surface area contributed by atoms with Gasteiger partial charge < -0.3 is 9.84 Å². The second-order valence-corrected chi connectivity index (χ2v) is 4.78. The van der Waals surface area contributed by atoms with E-state index in [2.05, 4.69) is 0 Å². The van der Waals surface area contributed by atoms with Crippen molar-refractivity contribution >= 4 is 0 Å². The highest BCUT2D eigenvalue weighted by atomic mass is 16.5. The predicted octanol–water partition coefficient (Wildman–Crippen LogP) is 1.96. The Morgan fingerprint density at radius 2 is 2.31 bits per heavy atom. The van der Waals surface area contributed by atoms with Gasteiger partial charge in [0.25, 0.3) is 0 Å². The molecule has 0 aromatic rings. The smallest absolute Gasteiger partial charge is 0.0679 e. The summed E-state index contributed by atoms with van der Waals surface area (Å²) in [7, 11) is 1.73. The molecule has 2 heteroatoms. The summed E-state index contributed by atoms with van der Waals surface area (Å²) in [6.07, 6.45) is 6.91. The lowest BCUT2D eigenvalue weighted by Gasteiger charge is -2.32. The lowest BCUT2D eigenvalue weighted by Crippen LogP contribution is -2.35.